The molecule has 29 heavy (non-hydrogen) atoms. The zero-order chi connectivity index (χ0) is 21.0. The summed E-state index contributed by atoms with van der Waals surface area (Å²) in [5, 5.41) is 0.728. The predicted octanol–water partition coefficient (Wildman–Crippen LogP) is 4.60. The molecule has 0 amide bonds. The number of hydrogen-bond acceptors (Lipinski definition) is 5. The summed E-state index contributed by atoms with van der Waals surface area (Å²) in [6, 6.07) is 15.1. The summed E-state index contributed by atoms with van der Waals surface area (Å²) in [4.78, 5) is 29.2. The van der Waals surface area contributed by atoms with Crippen LogP contribution in [0.5, 0.6) is 0 Å². The molecule has 150 valence electrons. The number of fused-ring (bicyclic) bond motifs is 1. The lowest BCUT2D eigenvalue weighted by Gasteiger charge is -2.20. The lowest BCUT2D eigenvalue weighted by Crippen LogP contribution is -2.21. The SMILES string of the molecule is CCN(CC)c1ccc2cc(C(=O)/C=C/c3ccccc3N(C)C)c(=O)oc2c1. The maximum Gasteiger partial charge on any atom is 0.347 e. The number of carbonyl (C=O) groups is 1. The van der Waals surface area contributed by atoms with Crippen molar-refractivity contribution in [2.24, 2.45) is 0 Å². The quantitative estimate of drug-likeness (QED) is 0.335. The number of benzene rings is 2. The molecule has 0 bridgehead atoms. The van der Waals surface area contributed by atoms with Crippen LogP contribution in [0.3, 0.4) is 0 Å². The van der Waals surface area contributed by atoms with Gasteiger partial charge in [0.1, 0.15) is 11.1 Å². The van der Waals surface area contributed by atoms with Gasteiger partial charge in [-0.05, 0) is 55.8 Å². The summed E-state index contributed by atoms with van der Waals surface area (Å²) in [6.07, 6.45) is 3.15. The highest BCUT2D eigenvalue weighted by molar-refractivity contribution is 6.08. The van der Waals surface area contributed by atoms with Gasteiger partial charge in [-0.3, -0.25) is 4.79 Å². The van der Waals surface area contributed by atoms with E-state index >= 15 is 0 Å². The molecule has 0 radical (unpaired) electrons. The number of nitrogens with zero attached hydrogens (tertiary/aromatic N) is 2. The fraction of sp³-hybridized carbons (Fsp3) is 0.250. The summed E-state index contributed by atoms with van der Waals surface area (Å²) in [5.74, 6) is -0.373. The summed E-state index contributed by atoms with van der Waals surface area (Å²) >= 11 is 0. The van der Waals surface area contributed by atoms with Gasteiger partial charge in [0.05, 0.1) is 0 Å². The van der Waals surface area contributed by atoms with E-state index in [0.717, 1.165) is 35.4 Å². The molecule has 0 unspecified atom stereocenters. The average molecular weight is 390 g/mol. The molecule has 5 heteroatoms. The van der Waals surface area contributed by atoms with E-state index in [1.165, 1.54) is 6.08 Å². The van der Waals surface area contributed by atoms with Gasteiger partial charge in [0.15, 0.2) is 5.78 Å². The molecule has 2 aromatic carbocycles. The topological polar surface area (TPSA) is 53.8 Å². The molecule has 1 heterocycles. The van der Waals surface area contributed by atoms with Crippen LogP contribution in [0.2, 0.25) is 0 Å². The van der Waals surface area contributed by atoms with Crippen molar-refractivity contribution in [3.8, 4) is 0 Å². The number of para-hydroxylation sites is 1. The molecule has 3 rings (SSSR count). The Kier molecular flexibility index (Phi) is 6.17. The van der Waals surface area contributed by atoms with Crippen LogP contribution < -0.4 is 15.4 Å². The van der Waals surface area contributed by atoms with Gasteiger partial charge in [0.25, 0.3) is 0 Å². The molecule has 0 spiro atoms. The summed E-state index contributed by atoms with van der Waals surface area (Å²) in [7, 11) is 3.89. The molecule has 0 N–H and O–H groups in total. The van der Waals surface area contributed by atoms with Crippen LogP contribution in [0.15, 0.2) is 63.8 Å². The Bertz CT molecular complexity index is 1110. The summed E-state index contributed by atoms with van der Waals surface area (Å²) in [5.41, 5.74) is 2.78. The fourth-order valence-corrected chi connectivity index (χ4v) is 3.35. The van der Waals surface area contributed by atoms with Crippen molar-refractivity contribution in [2.75, 3.05) is 37.0 Å². The van der Waals surface area contributed by atoms with Gasteiger partial charge in [-0.15, -0.1) is 0 Å². The average Bonchev–Trinajstić information content (AvgIpc) is 2.72. The number of ketones is 1. The maximum absolute atomic E-state index is 12.7. The van der Waals surface area contributed by atoms with Crippen molar-refractivity contribution >= 4 is 34.2 Å². The first-order valence-corrected chi connectivity index (χ1v) is 9.76. The number of carbonyl (C=O) groups excluding carboxylic acids is 1. The van der Waals surface area contributed by atoms with Crippen molar-refractivity contribution in [3.05, 3.63) is 76.2 Å². The van der Waals surface area contributed by atoms with Gasteiger partial charge >= 0.3 is 5.63 Å². The van der Waals surface area contributed by atoms with Gasteiger partial charge < -0.3 is 14.2 Å². The minimum absolute atomic E-state index is 0.0340. The zero-order valence-electron chi connectivity index (χ0n) is 17.3. The van der Waals surface area contributed by atoms with Crippen LogP contribution in [-0.4, -0.2) is 33.0 Å². The molecule has 0 aliphatic heterocycles. The maximum atomic E-state index is 12.7. The van der Waals surface area contributed by atoms with Crippen molar-refractivity contribution < 1.29 is 9.21 Å². The second kappa shape index (κ2) is 8.78. The minimum atomic E-state index is -0.621. The number of rotatable bonds is 7. The van der Waals surface area contributed by atoms with E-state index in [4.69, 9.17) is 4.42 Å². The van der Waals surface area contributed by atoms with Crippen molar-refractivity contribution in [1.29, 1.82) is 0 Å². The van der Waals surface area contributed by atoms with E-state index in [0.29, 0.717) is 5.58 Å². The second-order valence-corrected chi connectivity index (χ2v) is 6.99. The third-order valence-corrected chi connectivity index (χ3v) is 4.95. The van der Waals surface area contributed by atoms with Crippen LogP contribution >= 0.6 is 0 Å². The summed E-state index contributed by atoms with van der Waals surface area (Å²) in [6.45, 7) is 5.88. The summed E-state index contributed by atoms with van der Waals surface area (Å²) < 4.78 is 5.46. The van der Waals surface area contributed by atoms with Crippen molar-refractivity contribution in [1.82, 2.24) is 0 Å². The van der Waals surface area contributed by atoms with Gasteiger partial charge in [-0.1, -0.05) is 18.2 Å². The molecule has 1 aromatic heterocycles. The Balaban J connectivity index is 1.94. The Hall–Kier alpha value is -3.34. The molecule has 0 aliphatic carbocycles. The smallest absolute Gasteiger partial charge is 0.347 e. The normalized spacial score (nSPS) is 11.2. The first-order valence-electron chi connectivity index (χ1n) is 9.76. The highest BCUT2D eigenvalue weighted by Crippen LogP contribution is 2.23. The number of allylic oxidation sites excluding steroid dienone is 1. The van der Waals surface area contributed by atoms with Crippen LogP contribution in [0, 0.1) is 0 Å². The third kappa shape index (κ3) is 4.40. The van der Waals surface area contributed by atoms with Crippen LogP contribution in [-0.2, 0) is 0 Å². The van der Waals surface area contributed by atoms with E-state index in [1.54, 1.807) is 12.1 Å². The van der Waals surface area contributed by atoms with Gasteiger partial charge in [-0.2, -0.15) is 0 Å². The first-order chi connectivity index (χ1) is 13.9. The standard InChI is InChI=1S/C24H26N2O3/c1-5-26(6-2)19-13-11-18-15-20(24(28)29-23(18)16-19)22(27)14-12-17-9-7-8-10-21(17)25(3)4/h7-16H,5-6H2,1-4H3/b14-12+. The molecule has 5 nitrogen and oxygen atoms in total. The van der Waals surface area contributed by atoms with E-state index in [-0.39, 0.29) is 11.3 Å². The molecule has 0 saturated carbocycles. The van der Waals surface area contributed by atoms with Gasteiger partial charge in [0.2, 0.25) is 0 Å². The van der Waals surface area contributed by atoms with E-state index in [1.807, 2.05) is 61.5 Å². The Labute approximate surface area is 170 Å². The molecule has 0 atom stereocenters. The van der Waals surface area contributed by atoms with Crippen LogP contribution in [0.25, 0.3) is 17.0 Å². The zero-order valence-corrected chi connectivity index (χ0v) is 17.3. The first kappa shape index (κ1) is 20.4. The lowest BCUT2D eigenvalue weighted by molar-refractivity contribution is 0.104. The number of hydrogen-bond donors (Lipinski definition) is 0. The molecule has 3 aromatic rings. The second-order valence-electron chi connectivity index (χ2n) is 6.99. The van der Waals surface area contributed by atoms with E-state index in [2.05, 4.69) is 18.7 Å². The Morgan fingerprint density at radius 3 is 2.45 bits per heavy atom. The lowest BCUT2D eigenvalue weighted by atomic mass is 10.1. The Morgan fingerprint density at radius 2 is 1.76 bits per heavy atom. The number of anilines is 2. The fourth-order valence-electron chi connectivity index (χ4n) is 3.35. The van der Waals surface area contributed by atoms with E-state index < -0.39 is 5.63 Å². The predicted molar refractivity (Wildman–Crippen MR) is 120 cm³/mol. The molecular weight excluding hydrogens is 364 g/mol. The van der Waals surface area contributed by atoms with Gasteiger partial charge in [-0.25, -0.2) is 4.79 Å². The Morgan fingerprint density at radius 1 is 1.03 bits per heavy atom. The van der Waals surface area contributed by atoms with Crippen LogP contribution in [0.4, 0.5) is 11.4 Å². The van der Waals surface area contributed by atoms with Crippen molar-refractivity contribution in [2.45, 2.75) is 13.8 Å². The minimum Gasteiger partial charge on any atom is -0.422 e. The van der Waals surface area contributed by atoms with Crippen LogP contribution in [0.1, 0.15) is 29.8 Å². The third-order valence-electron chi connectivity index (χ3n) is 4.95. The highest BCUT2D eigenvalue weighted by Gasteiger charge is 2.13. The molecule has 0 aliphatic rings. The monoisotopic (exact) mass is 390 g/mol. The van der Waals surface area contributed by atoms with Gasteiger partial charge in [0, 0.05) is 50.0 Å². The highest BCUT2D eigenvalue weighted by atomic mass is 16.4. The van der Waals surface area contributed by atoms with E-state index in [9.17, 15) is 9.59 Å². The largest absolute Gasteiger partial charge is 0.422 e. The molecular formula is C24H26N2O3. The molecule has 0 saturated heterocycles. The van der Waals surface area contributed by atoms with Crippen molar-refractivity contribution in [3.63, 3.8) is 0 Å². The molecule has 0 fully saturated rings.